The van der Waals surface area contributed by atoms with Crippen LogP contribution in [0.1, 0.15) is 22.8 Å². The minimum Gasteiger partial charge on any atom is -0.399 e. The number of nitrogens with two attached hydrogens (primary N) is 1. The van der Waals surface area contributed by atoms with Gasteiger partial charge in [-0.05, 0) is 30.7 Å². The summed E-state index contributed by atoms with van der Waals surface area (Å²) in [4.78, 5) is 27.2. The number of nitrogens with zero attached hydrogens (tertiary/aromatic N) is 2. The van der Waals surface area contributed by atoms with E-state index >= 15 is 0 Å². The Balaban J connectivity index is 2.07. The van der Waals surface area contributed by atoms with E-state index in [1.54, 1.807) is 34.9 Å². The zero-order valence-corrected chi connectivity index (χ0v) is 11.3. The van der Waals surface area contributed by atoms with Crippen LogP contribution in [0.15, 0.2) is 18.2 Å². The van der Waals surface area contributed by atoms with Gasteiger partial charge in [0.05, 0.1) is 0 Å². The summed E-state index contributed by atoms with van der Waals surface area (Å²) in [6, 6.07) is 5.31. The van der Waals surface area contributed by atoms with Gasteiger partial charge < -0.3 is 15.5 Å². The lowest BCUT2D eigenvalue weighted by Gasteiger charge is -2.34. The predicted molar refractivity (Wildman–Crippen MR) is 73.7 cm³/mol. The minimum absolute atomic E-state index is 0.0145. The SMILES string of the molecule is CC(=O)N1CCN(C(=O)c2ccc(N)cc2C)CC1. The first-order valence-electron chi connectivity index (χ1n) is 6.40. The summed E-state index contributed by atoms with van der Waals surface area (Å²) in [7, 11) is 0. The molecule has 1 heterocycles. The molecule has 0 radical (unpaired) electrons. The number of nitrogen functional groups attached to an aromatic ring is 1. The highest BCUT2D eigenvalue weighted by atomic mass is 16.2. The van der Waals surface area contributed by atoms with Crippen LogP contribution in [0.4, 0.5) is 5.69 Å². The van der Waals surface area contributed by atoms with Crippen LogP contribution in [0, 0.1) is 6.92 Å². The van der Waals surface area contributed by atoms with Crippen molar-refractivity contribution in [2.45, 2.75) is 13.8 Å². The highest BCUT2D eigenvalue weighted by Crippen LogP contribution is 2.16. The molecule has 0 bridgehead atoms. The number of hydrogen-bond donors (Lipinski definition) is 1. The molecule has 0 unspecified atom stereocenters. The molecule has 1 aliphatic rings. The molecule has 0 atom stereocenters. The summed E-state index contributed by atoms with van der Waals surface area (Å²) in [5.74, 6) is 0.0801. The first-order chi connectivity index (χ1) is 8.99. The lowest BCUT2D eigenvalue weighted by Crippen LogP contribution is -2.50. The average Bonchev–Trinajstić information content (AvgIpc) is 2.38. The highest BCUT2D eigenvalue weighted by molar-refractivity contribution is 5.96. The van der Waals surface area contributed by atoms with Crippen molar-refractivity contribution in [3.63, 3.8) is 0 Å². The second-order valence-electron chi connectivity index (χ2n) is 4.87. The molecule has 1 fully saturated rings. The number of anilines is 1. The molecular formula is C14H19N3O2. The fourth-order valence-electron chi connectivity index (χ4n) is 2.32. The molecule has 2 amide bonds. The molecule has 1 aromatic rings. The maximum absolute atomic E-state index is 12.4. The van der Waals surface area contributed by atoms with Crippen LogP contribution < -0.4 is 5.73 Å². The van der Waals surface area contributed by atoms with E-state index in [-0.39, 0.29) is 11.8 Å². The summed E-state index contributed by atoms with van der Waals surface area (Å²) >= 11 is 0. The van der Waals surface area contributed by atoms with Gasteiger partial charge in [-0.3, -0.25) is 9.59 Å². The van der Waals surface area contributed by atoms with Gasteiger partial charge in [0.25, 0.3) is 5.91 Å². The zero-order chi connectivity index (χ0) is 14.0. The molecule has 5 heteroatoms. The summed E-state index contributed by atoms with van der Waals surface area (Å²) in [5, 5.41) is 0. The molecule has 0 spiro atoms. The van der Waals surface area contributed by atoms with E-state index in [4.69, 9.17) is 5.73 Å². The van der Waals surface area contributed by atoms with Crippen LogP contribution >= 0.6 is 0 Å². The number of benzene rings is 1. The van der Waals surface area contributed by atoms with Crippen LogP contribution in [0.5, 0.6) is 0 Å². The molecule has 5 nitrogen and oxygen atoms in total. The second kappa shape index (κ2) is 5.30. The first kappa shape index (κ1) is 13.4. The molecule has 102 valence electrons. The number of amides is 2. The van der Waals surface area contributed by atoms with Gasteiger partial charge >= 0.3 is 0 Å². The van der Waals surface area contributed by atoms with Gasteiger partial charge in [0.2, 0.25) is 5.91 Å². The molecule has 19 heavy (non-hydrogen) atoms. The Morgan fingerprint density at radius 3 is 2.21 bits per heavy atom. The first-order valence-corrected chi connectivity index (χ1v) is 6.40. The van der Waals surface area contributed by atoms with Gasteiger partial charge in [-0.15, -0.1) is 0 Å². The summed E-state index contributed by atoms with van der Waals surface area (Å²) < 4.78 is 0. The molecule has 1 saturated heterocycles. The van der Waals surface area contributed by atoms with E-state index in [2.05, 4.69) is 0 Å². The Kier molecular flexibility index (Phi) is 3.74. The maximum Gasteiger partial charge on any atom is 0.254 e. The van der Waals surface area contributed by atoms with Crippen LogP contribution in [0.25, 0.3) is 0 Å². The zero-order valence-electron chi connectivity index (χ0n) is 11.3. The van der Waals surface area contributed by atoms with Gasteiger partial charge in [0.1, 0.15) is 0 Å². The standard InChI is InChI=1S/C14H19N3O2/c1-10-9-12(15)3-4-13(10)14(19)17-7-5-16(6-8-17)11(2)18/h3-4,9H,5-8,15H2,1-2H3. The van der Waals surface area contributed by atoms with Crippen molar-refractivity contribution in [2.75, 3.05) is 31.9 Å². The average molecular weight is 261 g/mol. The third kappa shape index (κ3) is 2.86. The fourth-order valence-corrected chi connectivity index (χ4v) is 2.32. The van der Waals surface area contributed by atoms with Crippen molar-refractivity contribution in [3.05, 3.63) is 29.3 Å². The quantitative estimate of drug-likeness (QED) is 0.763. The topological polar surface area (TPSA) is 66.6 Å². The molecule has 1 aliphatic heterocycles. The van der Waals surface area contributed by atoms with Crippen LogP contribution in [-0.4, -0.2) is 47.8 Å². The van der Waals surface area contributed by atoms with Crippen molar-refractivity contribution in [3.8, 4) is 0 Å². The second-order valence-corrected chi connectivity index (χ2v) is 4.87. The lowest BCUT2D eigenvalue weighted by molar-refractivity contribution is -0.130. The van der Waals surface area contributed by atoms with Crippen LogP contribution in [0.3, 0.4) is 0 Å². The minimum atomic E-state index is 0.0145. The molecule has 0 aromatic heterocycles. The maximum atomic E-state index is 12.4. The largest absolute Gasteiger partial charge is 0.399 e. The van der Waals surface area contributed by atoms with Gasteiger partial charge in [-0.2, -0.15) is 0 Å². The van der Waals surface area contributed by atoms with Gasteiger partial charge in [-0.1, -0.05) is 0 Å². The van der Waals surface area contributed by atoms with E-state index in [9.17, 15) is 9.59 Å². The van der Waals surface area contributed by atoms with E-state index < -0.39 is 0 Å². The van der Waals surface area contributed by atoms with Crippen molar-refractivity contribution in [1.29, 1.82) is 0 Å². The number of aryl methyl sites for hydroxylation is 1. The highest BCUT2D eigenvalue weighted by Gasteiger charge is 2.23. The lowest BCUT2D eigenvalue weighted by atomic mass is 10.1. The Bertz CT molecular complexity index is 505. The molecule has 0 saturated carbocycles. The molecule has 1 aromatic carbocycles. The number of hydrogen-bond acceptors (Lipinski definition) is 3. The molecule has 0 aliphatic carbocycles. The van der Waals surface area contributed by atoms with Gasteiger partial charge in [0, 0.05) is 44.4 Å². The van der Waals surface area contributed by atoms with Crippen LogP contribution in [-0.2, 0) is 4.79 Å². The fraction of sp³-hybridized carbons (Fsp3) is 0.429. The number of piperazine rings is 1. The van der Waals surface area contributed by atoms with Crippen molar-refractivity contribution in [2.24, 2.45) is 0 Å². The Labute approximate surface area is 113 Å². The molecule has 2 rings (SSSR count). The van der Waals surface area contributed by atoms with Crippen molar-refractivity contribution < 1.29 is 9.59 Å². The number of carbonyl (C=O) groups is 2. The molecule has 2 N–H and O–H groups in total. The van der Waals surface area contributed by atoms with E-state index in [1.807, 2.05) is 6.92 Å². The third-order valence-electron chi connectivity index (χ3n) is 3.49. The van der Waals surface area contributed by atoms with Crippen molar-refractivity contribution in [1.82, 2.24) is 9.80 Å². The number of rotatable bonds is 1. The van der Waals surface area contributed by atoms with E-state index in [1.165, 1.54) is 0 Å². The molecular weight excluding hydrogens is 242 g/mol. The summed E-state index contributed by atoms with van der Waals surface area (Å²) in [6.45, 7) is 5.83. The van der Waals surface area contributed by atoms with Crippen LogP contribution in [0.2, 0.25) is 0 Å². The Morgan fingerprint density at radius 2 is 1.68 bits per heavy atom. The Hall–Kier alpha value is -2.04. The van der Waals surface area contributed by atoms with E-state index in [0.717, 1.165) is 5.56 Å². The summed E-state index contributed by atoms with van der Waals surface area (Å²) in [5.41, 5.74) is 7.92. The predicted octanol–water partition coefficient (Wildman–Crippen LogP) is 0.882. The van der Waals surface area contributed by atoms with E-state index in [0.29, 0.717) is 37.4 Å². The Morgan fingerprint density at radius 1 is 1.11 bits per heavy atom. The third-order valence-corrected chi connectivity index (χ3v) is 3.49. The van der Waals surface area contributed by atoms with Gasteiger partial charge in [-0.25, -0.2) is 0 Å². The number of carbonyl (C=O) groups excluding carboxylic acids is 2. The smallest absolute Gasteiger partial charge is 0.254 e. The summed E-state index contributed by atoms with van der Waals surface area (Å²) in [6.07, 6.45) is 0. The normalized spacial score (nSPS) is 15.5. The van der Waals surface area contributed by atoms with Gasteiger partial charge in [0.15, 0.2) is 0 Å². The monoisotopic (exact) mass is 261 g/mol. The van der Waals surface area contributed by atoms with Crippen molar-refractivity contribution >= 4 is 17.5 Å².